The van der Waals surface area contributed by atoms with Crippen LogP contribution in [0.3, 0.4) is 0 Å². The summed E-state index contributed by atoms with van der Waals surface area (Å²) in [5, 5.41) is 7.87. The summed E-state index contributed by atoms with van der Waals surface area (Å²) < 4.78 is 5.59. The van der Waals surface area contributed by atoms with Gasteiger partial charge in [0.2, 0.25) is 5.91 Å². The van der Waals surface area contributed by atoms with Crippen molar-refractivity contribution in [3.8, 4) is 0 Å². The Morgan fingerprint density at radius 2 is 1.81 bits per heavy atom. The van der Waals surface area contributed by atoms with Crippen LogP contribution in [0.2, 0.25) is 0 Å². The maximum atomic E-state index is 13.8. The maximum absolute atomic E-state index is 13.8. The molecule has 5 rings (SSSR count). The van der Waals surface area contributed by atoms with Crippen LogP contribution in [0, 0.1) is 0 Å². The Bertz CT molecular complexity index is 1050. The lowest BCUT2D eigenvalue weighted by molar-refractivity contribution is -0.122. The third kappa shape index (κ3) is 5.97. The Kier molecular flexibility index (Phi) is 8.00. The highest BCUT2D eigenvalue weighted by Gasteiger charge is 2.31. The van der Waals surface area contributed by atoms with Crippen molar-refractivity contribution in [1.29, 1.82) is 0 Å². The minimum absolute atomic E-state index is 0.0737. The molecule has 3 heterocycles. The second-order valence-electron chi connectivity index (χ2n) is 9.22. The van der Waals surface area contributed by atoms with E-state index < -0.39 is 0 Å². The number of benzene rings is 1. The molecule has 192 valence electrons. The molecule has 3 fully saturated rings. The number of hydrogen-bond acceptors (Lipinski definition) is 9. The summed E-state index contributed by atoms with van der Waals surface area (Å²) in [5.74, 6) is 0.567. The molecule has 10 nitrogen and oxygen atoms in total. The molecule has 0 bridgehead atoms. The van der Waals surface area contributed by atoms with Gasteiger partial charge in [0, 0.05) is 51.5 Å². The Morgan fingerprint density at radius 1 is 1.08 bits per heavy atom. The minimum atomic E-state index is -0.0890. The Morgan fingerprint density at radius 3 is 2.47 bits per heavy atom. The lowest BCUT2D eigenvalue weighted by atomic mass is 10.2. The molecule has 1 saturated carbocycles. The number of anilines is 2. The fourth-order valence-electron chi connectivity index (χ4n) is 4.49. The van der Waals surface area contributed by atoms with E-state index in [0.717, 1.165) is 18.5 Å². The first-order valence-corrected chi connectivity index (χ1v) is 13.7. The zero-order valence-electron chi connectivity index (χ0n) is 20.6. The van der Waals surface area contributed by atoms with E-state index >= 15 is 0 Å². The second kappa shape index (κ2) is 11.5. The van der Waals surface area contributed by atoms with Gasteiger partial charge >= 0.3 is 0 Å². The number of nitrogens with zero attached hydrogens (tertiary/aromatic N) is 6. The van der Waals surface area contributed by atoms with Crippen LogP contribution in [0.1, 0.15) is 23.2 Å². The molecular weight excluding hydrogens is 478 g/mol. The number of morpholine rings is 1. The average molecular weight is 512 g/mol. The molecular formula is C25H33N7O3S. The van der Waals surface area contributed by atoms with E-state index in [2.05, 4.69) is 20.2 Å². The van der Waals surface area contributed by atoms with Crippen LogP contribution in [-0.4, -0.2) is 108 Å². The van der Waals surface area contributed by atoms with Gasteiger partial charge in [-0.3, -0.25) is 19.5 Å². The van der Waals surface area contributed by atoms with E-state index in [1.165, 1.54) is 11.8 Å². The van der Waals surface area contributed by atoms with Crippen molar-refractivity contribution in [2.24, 2.45) is 0 Å². The first-order valence-electron chi connectivity index (χ1n) is 12.5. The van der Waals surface area contributed by atoms with E-state index in [4.69, 9.17) is 9.72 Å². The van der Waals surface area contributed by atoms with Gasteiger partial charge in [-0.15, -0.1) is 0 Å². The summed E-state index contributed by atoms with van der Waals surface area (Å²) in [6, 6.07) is 10.4. The number of carbonyl (C=O) groups excluding carboxylic acids is 2. The van der Waals surface area contributed by atoms with Crippen LogP contribution in [-0.2, 0) is 9.53 Å². The van der Waals surface area contributed by atoms with Crippen molar-refractivity contribution in [3.05, 3.63) is 42.1 Å². The van der Waals surface area contributed by atoms with Gasteiger partial charge in [0.15, 0.2) is 11.0 Å². The summed E-state index contributed by atoms with van der Waals surface area (Å²) in [6.07, 6.45) is 5.75. The van der Waals surface area contributed by atoms with Crippen molar-refractivity contribution in [2.45, 2.75) is 24.0 Å². The van der Waals surface area contributed by atoms with Crippen LogP contribution in [0.5, 0.6) is 0 Å². The lowest BCUT2D eigenvalue weighted by Gasteiger charge is -2.39. The number of aromatic nitrogens is 2. The summed E-state index contributed by atoms with van der Waals surface area (Å²) in [6.45, 7) is 5.44. The summed E-state index contributed by atoms with van der Waals surface area (Å²) >= 11 is 1.45. The molecule has 36 heavy (non-hydrogen) atoms. The van der Waals surface area contributed by atoms with Gasteiger partial charge in [0.25, 0.3) is 5.91 Å². The summed E-state index contributed by atoms with van der Waals surface area (Å²) in [4.78, 5) is 39.2. The Hall–Kier alpha value is -2.73. The highest BCUT2D eigenvalue weighted by molar-refractivity contribution is 7.98. The largest absolute Gasteiger partial charge is 0.379 e. The molecule has 0 unspecified atom stereocenters. The standard InChI is InChI=1S/C25H33N7O3S/c1-36-25-26-17-21(24(34)30-11-9-29(10-12-30)18-22(33)27-19-7-8-19)23(28-25)32(20-5-3-2-4-6-20)31-13-15-35-16-14-31/h2-6,17,19H,7-16,18H2,1H3,(H,27,33). The molecule has 0 atom stereocenters. The van der Waals surface area contributed by atoms with Crippen molar-refractivity contribution in [2.75, 3.05) is 70.3 Å². The number of piperazine rings is 1. The number of ether oxygens (including phenoxy) is 1. The molecule has 1 N–H and O–H groups in total. The molecule has 1 aromatic heterocycles. The average Bonchev–Trinajstić information content (AvgIpc) is 3.74. The summed E-state index contributed by atoms with van der Waals surface area (Å²) in [5.41, 5.74) is 1.41. The molecule has 2 aromatic rings. The number of rotatable bonds is 8. The van der Waals surface area contributed by atoms with Crippen molar-refractivity contribution < 1.29 is 14.3 Å². The minimum Gasteiger partial charge on any atom is -0.379 e. The highest BCUT2D eigenvalue weighted by Crippen LogP contribution is 2.31. The predicted molar refractivity (Wildman–Crippen MR) is 138 cm³/mol. The van der Waals surface area contributed by atoms with E-state index in [1.807, 2.05) is 46.5 Å². The monoisotopic (exact) mass is 511 g/mol. The van der Waals surface area contributed by atoms with Crippen LogP contribution in [0.4, 0.5) is 11.5 Å². The van der Waals surface area contributed by atoms with E-state index in [0.29, 0.717) is 81.6 Å². The topological polar surface area (TPSA) is 94.1 Å². The molecule has 1 aromatic carbocycles. The zero-order chi connectivity index (χ0) is 24.9. The zero-order valence-corrected chi connectivity index (χ0v) is 21.5. The van der Waals surface area contributed by atoms with Crippen LogP contribution >= 0.6 is 11.8 Å². The van der Waals surface area contributed by atoms with Crippen LogP contribution in [0.15, 0.2) is 41.7 Å². The number of amides is 2. The first-order chi connectivity index (χ1) is 17.6. The third-order valence-electron chi connectivity index (χ3n) is 6.60. The highest BCUT2D eigenvalue weighted by atomic mass is 32.2. The molecule has 0 spiro atoms. The van der Waals surface area contributed by atoms with E-state index in [9.17, 15) is 9.59 Å². The number of hydrazine groups is 1. The molecule has 2 saturated heterocycles. The fraction of sp³-hybridized carbons (Fsp3) is 0.520. The number of para-hydroxylation sites is 1. The third-order valence-corrected chi connectivity index (χ3v) is 7.16. The molecule has 0 radical (unpaired) electrons. The SMILES string of the molecule is CSc1ncc(C(=O)N2CCN(CC(=O)NC3CC3)CC2)c(N(c2ccccc2)N2CCOCC2)n1. The van der Waals surface area contributed by atoms with Gasteiger partial charge in [-0.2, -0.15) is 0 Å². The number of hydrogen-bond donors (Lipinski definition) is 1. The van der Waals surface area contributed by atoms with Gasteiger partial charge in [0.1, 0.15) is 5.56 Å². The lowest BCUT2D eigenvalue weighted by Crippen LogP contribution is -2.52. The number of carbonyl (C=O) groups is 2. The van der Waals surface area contributed by atoms with Crippen molar-refractivity contribution >= 4 is 35.1 Å². The Balaban J connectivity index is 1.36. The van der Waals surface area contributed by atoms with Gasteiger partial charge in [-0.1, -0.05) is 30.0 Å². The molecule has 2 amide bonds. The number of thioether (sulfide) groups is 1. The van der Waals surface area contributed by atoms with Gasteiger partial charge in [-0.25, -0.2) is 15.0 Å². The molecule has 1 aliphatic carbocycles. The molecule has 2 aliphatic heterocycles. The molecule has 11 heteroatoms. The first kappa shape index (κ1) is 24.9. The van der Waals surface area contributed by atoms with Gasteiger partial charge in [0.05, 0.1) is 25.4 Å². The second-order valence-corrected chi connectivity index (χ2v) is 9.99. The van der Waals surface area contributed by atoms with E-state index in [-0.39, 0.29) is 11.8 Å². The summed E-state index contributed by atoms with van der Waals surface area (Å²) in [7, 11) is 0. The smallest absolute Gasteiger partial charge is 0.259 e. The van der Waals surface area contributed by atoms with Gasteiger partial charge < -0.3 is 15.0 Å². The normalized spacial score (nSPS) is 19.2. The van der Waals surface area contributed by atoms with Crippen LogP contribution in [0.25, 0.3) is 0 Å². The maximum Gasteiger partial charge on any atom is 0.259 e. The van der Waals surface area contributed by atoms with Crippen molar-refractivity contribution in [3.63, 3.8) is 0 Å². The van der Waals surface area contributed by atoms with Crippen molar-refractivity contribution in [1.82, 2.24) is 30.1 Å². The predicted octanol–water partition coefficient (Wildman–Crippen LogP) is 1.62. The quantitative estimate of drug-likeness (QED) is 0.419. The van der Waals surface area contributed by atoms with Crippen LogP contribution < -0.4 is 10.3 Å². The number of nitrogens with one attached hydrogen (secondary N) is 1. The van der Waals surface area contributed by atoms with E-state index in [1.54, 1.807) is 6.20 Å². The fourth-order valence-corrected chi connectivity index (χ4v) is 4.83. The molecule has 3 aliphatic rings. The Labute approximate surface area is 216 Å². The van der Waals surface area contributed by atoms with Gasteiger partial charge in [-0.05, 0) is 31.2 Å².